The normalized spacial score (nSPS) is 36.0. The summed E-state index contributed by atoms with van der Waals surface area (Å²) in [6.45, 7) is -0.989. The Bertz CT molecular complexity index is 417. The van der Waals surface area contributed by atoms with Crippen LogP contribution >= 0.6 is 15.6 Å². The standard InChI is InChI=1S/C6H15NO11P2/c7-3-5(9)4(8)2(1-16-19(10,11)12)17-6(3)18-20(13,14)15/h2-6,8-9H,1,7H2,(H2,10,11,12)(H2,13,14,15)/p-3/t2-,3-,4-,5-,6+/m1/s1. The van der Waals surface area contributed by atoms with Crippen LogP contribution in [0.2, 0.25) is 0 Å². The van der Waals surface area contributed by atoms with Gasteiger partial charge in [-0.25, -0.2) is 0 Å². The lowest BCUT2D eigenvalue weighted by atomic mass is 9.98. The van der Waals surface area contributed by atoms with E-state index in [2.05, 4.69) is 14.8 Å². The summed E-state index contributed by atoms with van der Waals surface area (Å²) in [5, 5.41) is 19.1. The Morgan fingerprint density at radius 2 is 1.65 bits per heavy atom. The SMILES string of the molecule is [NH3+][C@H]1[C@H](OP(=O)([O-])[O-])O[C@H](COP(=O)([O-])[O-])[C@@H](O)[C@@H]1O. The average molecular weight is 336 g/mol. The minimum atomic E-state index is -5.47. The first kappa shape index (κ1) is 18.1. The fourth-order valence-corrected chi connectivity index (χ4v) is 2.31. The summed E-state index contributed by atoms with van der Waals surface area (Å²) >= 11 is 0. The van der Waals surface area contributed by atoms with Crippen LogP contribution in [-0.4, -0.2) is 47.5 Å². The Labute approximate surface area is 112 Å². The lowest BCUT2D eigenvalue weighted by molar-refractivity contribution is -0.500. The van der Waals surface area contributed by atoms with Crippen LogP contribution in [0.5, 0.6) is 0 Å². The van der Waals surface area contributed by atoms with E-state index >= 15 is 0 Å². The van der Waals surface area contributed by atoms with Gasteiger partial charge in [0.1, 0.15) is 18.3 Å². The second-order valence-electron chi connectivity index (χ2n) is 3.98. The maximum atomic E-state index is 10.5. The van der Waals surface area contributed by atoms with E-state index in [-0.39, 0.29) is 0 Å². The van der Waals surface area contributed by atoms with Crippen molar-refractivity contribution >= 4 is 15.6 Å². The summed E-state index contributed by atoms with van der Waals surface area (Å²) in [6, 6.07) is -1.34. The largest absolute Gasteiger partial charge is 0.790 e. The van der Waals surface area contributed by atoms with Crippen molar-refractivity contribution in [3.8, 4) is 0 Å². The molecule has 0 aromatic heterocycles. The lowest BCUT2D eigenvalue weighted by Crippen LogP contribution is -2.78. The monoisotopic (exact) mass is 336 g/mol. The second kappa shape index (κ2) is 6.44. The molecule has 1 fully saturated rings. The molecule has 5 atom stereocenters. The van der Waals surface area contributed by atoms with Crippen molar-refractivity contribution < 1.29 is 58.4 Å². The van der Waals surface area contributed by atoms with Gasteiger partial charge in [-0.05, 0) is 0 Å². The molecule has 0 radical (unpaired) electrons. The highest BCUT2D eigenvalue weighted by atomic mass is 31.2. The van der Waals surface area contributed by atoms with Gasteiger partial charge in [-0.15, -0.1) is 0 Å². The molecule has 1 heterocycles. The molecular weight excluding hydrogens is 324 g/mol. The van der Waals surface area contributed by atoms with Gasteiger partial charge in [-0.2, -0.15) is 0 Å². The number of phosphoric ester groups is 2. The highest BCUT2D eigenvalue weighted by molar-refractivity contribution is 7.43. The minimum absolute atomic E-state index is 0.989. The zero-order valence-corrected chi connectivity index (χ0v) is 11.6. The molecule has 20 heavy (non-hydrogen) atoms. The number of quaternary nitrogens is 1. The van der Waals surface area contributed by atoms with E-state index in [1.165, 1.54) is 0 Å². The van der Waals surface area contributed by atoms with E-state index in [0.717, 1.165) is 0 Å². The van der Waals surface area contributed by atoms with Gasteiger partial charge in [-0.1, -0.05) is 0 Å². The molecule has 0 aliphatic carbocycles. The fraction of sp³-hybridized carbons (Fsp3) is 1.00. The van der Waals surface area contributed by atoms with Gasteiger partial charge in [0, 0.05) is 0 Å². The van der Waals surface area contributed by atoms with Crippen LogP contribution in [0.25, 0.3) is 0 Å². The topological polar surface area (TPSA) is 222 Å². The first-order valence-electron chi connectivity index (χ1n) is 5.12. The van der Waals surface area contributed by atoms with E-state index in [9.17, 15) is 38.9 Å². The van der Waals surface area contributed by atoms with Gasteiger partial charge in [0.05, 0.1) is 22.3 Å². The summed E-state index contributed by atoms with van der Waals surface area (Å²) in [4.78, 5) is 41.6. The first-order chi connectivity index (χ1) is 8.91. The van der Waals surface area contributed by atoms with E-state index < -0.39 is 52.9 Å². The van der Waals surface area contributed by atoms with E-state index in [1.54, 1.807) is 0 Å². The zero-order valence-electron chi connectivity index (χ0n) is 9.76. The van der Waals surface area contributed by atoms with E-state index in [0.29, 0.717) is 0 Å². The molecule has 0 bridgehead atoms. The smallest absolute Gasteiger partial charge is 0.217 e. The van der Waals surface area contributed by atoms with Crippen molar-refractivity contribution in [2.24, 2.45) is 0 Å². The Balaban J connectivity index is 2.76. The molecule has 5 N–H and O–H groups in total. The van der Waals surface area contributed by atoms with Crippen LogP contribution in [0, 0.1) is 0 Å². The van der Waals surface area contributed by atoms with Gasteiger partial charge < -0.3 is 58.4 Å². The highest BCUT2D eigenvalue weighted by Gasteiger charge is 2.46. The Hall–Kier alpha value is 0.0600. The molecule has 1 aliphatic heterocycles. The molecular formula is C6H12NO11P2-3. The maximum absolute atomic E-state index is 10.5. The minimum Gasteiger partial charge on any atom is -0.790 e. The van der Waals surface area contributed by atoms with E-state index in [4.69, 9.17) is 4.74 Å². The molecule has 12 nitrogen and oxygen atoms in total. The highest BCUT2D eigenvalue weighted by Crippen LogP contribution is 2.33. The third-order valence-corrected chi connectivity index (χ3v) is 3.39. The molecule has 120 valence electrons. The van der Waals surface area contributed by atoms with Crippen LogP contribution in [0.1, 0.15) is 0 Å². The van der Waals surface area contributed by atoms with Gasteiger partial charge in [0.15, 0.2) is 6.04 Å². The molecule has 0 unspecified atom stereocenters. The second-order valence-corrected chi connectivity index (χ2v) is 6.24. The molecule has 0 aromatic carbocycles. The molecule has 1 saturated heterocycles. The van der Waals surface area contributed by atoms with Crippen molar-refractivity contribution in [3.63, 3.8) is 0 Å². The molecule has 0 amide bonds. The summed E-state index contributed by atoms with van der Waals surface area (Å²) < 4.78 is 33.4. The van der Waals surface area contributed by atoms with Gasteiger partial charge in [0.25, 0.3) is 0 Å². The van der Waals surface area contributed by atoms with Crippen molar-refractivity contribution in [2.75, 3.05) is 6.61 Å². The third-order valence-electron chi connectivity index (χ3n) is 2.46. The summed E-state index contributed by atoms with van der Waals surface area (Å²) in [7, 11) is -10.8. The van der Waals surface area contributed by atoms with Crippen LogP contribution in [0.15, 0.2) is 0 Å². The molecule has 0 aromatic rings. The fourth-order valence-electron chi connectivity index (χ4n) is 1.52. The summed E-state index contributed by atoms with van der Waals surface area (Å²) in [5.41, 5.74) is 3.26. The molecule has 1 aliphatic rings. The molecule has 1 rings (SSSR count). The molecule has 0 spiro atoms. The third kappa shape index (κ3) is 5.45. The number of hydrogen-bond acceptors (Lipinski definition) is 11. The van der Waals surface area contributed by atoms with Crippen molar-refractivity contribution in [3.05, 3.63) is 0 Å². The van der Waals surface area contributed by atoms with Crippen molar-refractivity contribution in [1.29, 1.82) is 0 Å². The Morgan fingerprint density at radius 1 is 1.10 bits per heavy atom. The van der Waals surface area contributed by atoms with Crippen LogP contribution in [0.3, 0.4) is 0 Å². The number of ether oxygens (including phenoxy) is 1. The number of phosphoric acid groups is 2. The number of hydrogen-bond donors (Lipinski definition) is 3. The lowest BCUT2D eigenvalue weighted by Gasteiger charge is -2.43. The van der Waals surface area contributed by atoms with Gasteiger partial charge in [-0.3, -0.25) is 0 Å². The number of aliphatic hydroxyl groups excluding tert-OH is 2. The van der Waals surface area contributed by atoms with Crippen LogP contribution in [-0.2, 0) is 22.9 Å². The predicted octanol–water partition coefficient (Wildman–Crippen LogP) is -6.27. The Kier molecular flexibility index (Phi) is 5.83. The summed E-state index contributed by atoms with van der Waals surface area (Å²) in [6.07, 6.45) is -6.86. The zero-order chi connectivity index (χ0) is 15.7. The molecule has 0 saturated carbocycles. The van der Waals surface area contributed by atoms with Crippen LogP contribution in [0.4, 0.5) is 0 Å². The van der Waals surface area contributed by atoms with Crippen LogP contribution < -0.4 is 25.3 Å². The van der Waals surface area contributed by atoms with Crippen molar-refractivity contribution in [1.82, 2.24) is 0 Å². The van der Waals surface area contributed by atoms with Crippen molar-refractivity contribution in [2.45, 2.75) is 30.6 Å². The number of rotatable bonds is 5. The summed E-state index contributed by atoms with van der Waals surface area (Å²) in [5.74, 6) is 0. The number of aliphatic hydroxyl groups is 2. The molecule has 14 heteroatoms. The quantitative estimate of drug-likeness (QED) is 0.400. The average Bonchev–Trinajstić information content (AvgIpc) is 2.25. The first-order valence-corrected chi connectivity index (χ1v) is 8.04. The van der Waals surface area contributed by atoms with E-state index in [1.807, 2.05) is 0 Å². The maximum Gasteiger partial charge on any atom is 0.217 e. The predicted molar refractivity (Wildman–Crippen MR) is 49.6 cm³/mol. The Morgan fingerprint density at radius 3 is 2.10 bits per heavy atom. The van der Waals surface area contributed by atoms with Gasteiger partial charge >= 0.3 is 0 Å². The van der Waals surface area contributed by atoms with Gasteiger partial charge in [0.2, 0.25) is 6.29 Å².